The van der Waals surface area contributed by atoms with Crippen LogP contribution in [0, 0.1) is 17.6 Å². The molecule has 0 spiro atoms. The Morgan fingerprint density at radius 1 is 1.19 bits per heavy atom. The van der Waals surface area contributed by atoms with Crippen molar-refractivity contribution < 1.29 is 8.78 Å². The Labute approximate surface area is 94.9 Å². The van der Waals surface area contributed by atoms with Crippen molar-refractivity contribution in [2.75, 3.05) is 5.32 Å². The molecule has 0 aromatic heterocycles. The molecule has 2 unspecified atom stereocenters. The second-order valence-electron chi connectivity index (χ2n) is 4.64. The molecule has 1 saturated carbocycles. The van der Waals surface area contributed by atoms with Gasteiger partial charge in [-0.3, -0.25) is 0 Å². The van der Waals surface area contributed by atoms with E-state index in [0.29, 0.717) is 11.6 Å². The SMILES string of the molecule is CC1CCCCC1Nc1cc(F)ccc1F. The maximum Gasteiger partial charge on any atom is 0.146 e. The van der Waals surface area contributed by atoms with E-state index in [1.807, 2.05) is 0 Å². The van der Waals surface area contributed by atoms with Gasteiger partial charge >= 0.3 is 0 Å². The molecule has 2 atom stereocenters. The van der Waals surface area contributed by atoms with Gasteiger partial charge in [0.2, 0.25) is 0 Å². The number of nitrogens with one attached hydrogen (secondary N) is 1. The summed E-state index contributed by atoms with van der Waals surface area (Å²) < 4.78 is 26.4. The summed E-state index contributed by atoms with van der Waals surface area (Å²) >= 11 is 0. The van der Waals surface area contributed by atoms with E-state index < -0.39 is 5.82 Å². The third-order valence-corrected chi connectivity index (χ3v) is 3.38. The molecule has 1 aliphatic rings. The number of rotatable bonds is 2. The van der Waals surface area contributed by atoms with Crippen molar-refractivity contribution in [3.8, 4) is 0 Å². The third-order valence-electron chi connectivity index (χ3n) is 3.38. The molecule has 1 aliphatic carbocycles. The van der Waals surface area contributed by atoms with E-state index in [0.717, 1.165) is 18.9 Å². The highest BCUT2D eigenvalue weighted by molar-refractivity contribution is 5.45. The molecule has 0 radical (unpaired) electrons. The number of hydrogen-bond donors (Lipinski definition) is 1. The molecule has 1 aromatic carbocycles. The Hall–Kier alpha value is -1.12. The summed E-state index contributed by atoms with van der Waals surface area (Å²) in [4.78, 5) is 0. The molecule has 16 heavy (non-hydrogen) atoms. The average Bonchev–Trinajstić information content (AvgIpc) is 2.27. The second kappa shape index (κ2) is 4.81. The summed E-state index contributed by atoms with van der Waals surface area (Å²) in [5.74, 6) is -0.247. The lowest BCUT2D eigenvalue weighted by Gasteiger charge is -2.30. The first-order chi connectivity index (χ1) is 7.66. The molecule has 2 rings (SSSR count). The fourth-order valence-electron chi connectivity index (χ4n) is 2.34. The van der Waals surface area contributed by atoms with Crippen molar-refractivity contribution in [2.45, 2.75) is 38.6 Å². The molecule has 0 aliphatic heterocycles. The maximum atomic E-state index is 13.4. The Morgan fingerprint density at radius 3 is 2.69 bits per heavy atom. The van der Waals surface area contributed by atoms with E-state index in [-0.39, 0.29) is 11.9 Å². The molecule has 1 N–H and O–H groups in total. The van der Waals surface area contributed by atoms with Crippen LogP contribution in [0.25, 0.3) is 0 Å². The van der Waals surface area contributed by atoms with Gasteiger partial charge in [0.15, 0.2) is 0 Å². The lowest BCUT2D eigenvalue weighted by Crippen LogP contribution is -2.30. The van der Waals surface area contributed by atoms with E-state index in [4.69, 9.17) is 0 Å². The van der Waals surface area contributed by atoms with Crippen molar-refractivity contribution in [1.82, 2.24) is 0 Å². The molecule has 88 valence electrons. The van der Waals surface area contributed by atoms with E-state index in [1.54, 1.807) is 0 Å². The minimum Gasteiger partial charge on any atom is -0.380 e. The Balaban J connectivity index is 2.10. The van der Waals surface area contributed by atoms with Gasteiger partial charge in [0.1, 0.15) is 11.6 Å². The van der Waals surface area contributed by atoms with Crippen molar-refractivity contribution in [3.63, 3.8) is 0 Å². The van der Waals surface area contributed by atoms with Gasteiger partial charge in [-0.2, -0.15) is 0 Å². The van der Waals surface area contributed by atoms with Crippen LogP contribution in [0.15, 0.2) is 18.2 Å². The highest BCUT2D eigenvalue weighted by atomic mass is 19.1. The molecule has 1 aromatic rings. The lowest BCUT2D eigenvalue weighted by molar-refractivity contribution is 0.348. The molecule has 3 heteroatoms. The summed E-state index contributed by atoms with van der Waals surface area (Å²) in [6, 6.07) is 3.82. The van der Waals surface area contributed by atoms with Crippen LogP contribution >= 0.6 is 0 Å². The lowest BCUT2D eigenvalue weighted by atomic mass is 9.86. The number of anilines is 1. The molecule has 0 heterocycles. The Bertz CT molecular complexity index is 365. The normalized spacial score (nSPS) is 25.4. The molecular weight excluding hydrogens is 208 g/mol. The van der Waals surface area contributed by atoms with Crippen LogP contribution in [0.3, 0.4) is 0 Å². The minimum absolute atomic E-state index is 0.269. The van der Waals surface area contributed by atoms with E-state index >= 15 is 0 Å². The number of halogens is 2. The van der Waals surface area contributed by atoms with Crippen LogP contribution in [0.4, 0.5) is 14.5 Å². The number of hydrogen-bond acceptors (Lipinski definition) is 1. The van der Waals surface area contributed by atoms with Gasteiger partial charge in [0.25, 0.3) is 0 Å². The Kier molecular flexibility index (Phi) is 3.42. The topological polar surface area (TPSA) is 12.0 Å². The molecular formula is C13H17F2N. The maximum absolute atomic E-state index is 13.4. The summed E-state index contributed by atoms with van der Waals surface area (Å²) in [5, 5.41) is 3.12. The average molecular weight is 225 g/mol. The van der Waals surface area contributed by atoms with Crippen molar-refractivity contribution >= 4 is 5.69 Å². The van der Waals surface area contributed by atoms with Crippen molar-refractivity contribution in [2.24, 2.45) is 5.92 Å². The van der Waals surface area contributed by atoms with Gasteiger partial charge in [0.05, 0.1) is 5.69 Å². The van der Waals surface area contributed by atoms with Gasteiger partial charge in [-0.05, 0) is 37.0 Å². The first kappa shape index (κ1) is 11.4. The van der Waals surface area contributed by atoms with Crippen LogP contribution in [0.2, 0.25) is 0 Å². The van der Waals surface area contributed by atoms with Crippen LogP contribution in [-0.4, -0.2) is 6.04 Å². The van der Waals surface area contributed by atoms with Gasteiger partial charge in [0, 0.05) is 6.04 Å². The fraction of sp³-hybridized carbons (Fsp3) is 0.538. The molecule has 1 nitrogen and oxygen atoms in total. The van der Waals surface area contributed by atoms with Crippen LogP contribution < -0.4 is 5.32 Å². The largest absolute Gasteiger partial charge is 0.380 e. The molecule has 0 bridgehead atoms. The number of benzene rings is 1. The van der Waals surface area contributed by atoms with Gasteiger partial charge < -0.3 is 5.32 Å². The summed E-state index contributed by atoms with van der Waals surface area (Å²) in [6.07, 6.45) is 4.61. The Morgan fingerprint density at radius 2 is 1.94 bits per heavy atom. The summed E-state index contributed by atoms with van der Waals surface area (Å²) in [6.45, 7) is 2.16. The van der Waals surface area contributed by atoms with Gasteiger partial charge in [-0.1, -0.05) is 19.8 Å². The van der Waals surface area contributed by atoms with Gasteiger partial charge in [-0.15, -0.1) is 0 Å². The fourth-order valence-corrected chi connectivity index (χ4v) is 2.34. The molecule has 0 amide bonds. The minimum atomic E-state index is -0.396. The standard InChI is InChI=1S/C13H17F2N/c1-9-4-2-3-5-12(9)16-13-8-10(14)6-7-11(13)15/h6-9,12,16H,2-5H2,1H3. The van der Waals surface area contributed by atoms with E-state index in [9.17, 15) is 8.78 Å². The smallest absolute Gasteiger partial charge is 0.146 e. The van der Waals surface area contributed by atoms with Crippen molar-refractivity contribution in [3.05, 3.63) is 29.8 Å². The van der Waals surface area contributed by atoms with Crippen LogP contribution in [-0.2, 0) is 0 Å². The molecule has 1 fully saturated rings. The zero-order valence-electron chi connectivity index (χ0n) is 9.47. The quantitative estimate of drug-likeness (QED) is 0.803. The van der Waals surface area contributed by atoms with Crippen LogP contribution in [0.1, 0.15) is 32.6 Å². The highest BCUT2D eigenvalue weighted by Gasteiger charge is 2.21. The van der Waals surface area contributed by atoms with E-state index in [2.05, 4.69) is 12.2 Å². The summed E-state index contributed by atoms with van der Waals surface area (Å²) in [5.41, 5.74) is 0.291. The van der Waals surface area contributed by atoms with Gasteiger partial charge in [-0.25, -0.2) is 8.78 Å². The summed E-state index contributed by atoms with van der Waals surface area (Å²) in [7, 11) is 0. The monoisotopic (exact) mass is 225 g/mol. The van der Waals surface area contributed by atoms with E-state index in [1.165, 1.54) is 25.0 Å². The predicted octanol–water partition coefficient (Wildman–Crippen LogP) is 3.96. The van der Waals surface area contributed by atoms with Crippen molar-refractivity contribution in [1.29, 1.82) is 0 Å². The molecule has 0 saturated heterocycles. The predicted molar refractivity (Wildman–Crippen MR) is 61.4 cm³/mol. The third kappa shape index (κ3) is 2.52. The second-order valence-corrected chi connectivity index (χ2v) is 4.64. The highest BCUT2D eigenvalue weighted by Crippen LogP contribution is 2.27. The zero-order valence-corrected chi connectivity index (χ0v) is 9.47. The first-order valence-corrected chi connectivity index (χ1v) is 5.88. The van der Waals surface area contributed by atoms with Crippen LogP contribution in [0.5, 0.6) is 0 Å². The first-order valence-electron chi connectivity index (χ1n) is 5.88. The zero-order chi connectivity index (χ0) is 11.5.